The lowest BCUT2D eigenvalue weighted by atomic mass is 10.2. The maximum atomic E-state index is 12.6. The molecule has 1 N–H and O–H groups in total. The molecule has 0 aliphatic carbocycles. The van der Waals surface area contributed by atoms with Crippen LogP contribution in [0.25, 0.3) is 22.0 Å². The molecule has 0 spiro atoms. The van der Waals surface area contributed by atoms with E-state index in [1.165, 1.54) is 17.8 Å². The molecule has 170 valence electrons. The lowest BCUT2D eigenvalue weighted by Crippen LogP contribution is -2.37. The molecule has 0 saturated carbocycles. The van der Waals surface area contributed by atoms with E-state index in [2.05, 4.69) is 20.3 Å². The van der Waals surface area contributed by atoms with Crippen molar-refractivity contribution in [2.24, 2.45) is 0 Å². The van der Waals surface area contributed by atoms with Crippen molar-refractivity contribution in [2.45, 2.75) is 11.7 Å². The minimum atomic E-state index is -0.456. The summed E-state index contributed by atoms with van der Waals surface area (Å²) in [6.45, 7) is 3.53. The van der Waals surface area contributed by atoms with Crippen molar-refractivity contribution >= 4 is 45.5 Å². The number of hydrogen-bond acceptors (Lipinski definition) is 9. The molecule has 33 heavy (non-hydrogen) atoms. The molecular formula is C22H22N6O4S. The third kappa shape index (κ3) is 4.29. The van der Waals surface area contributed by atoms with Gasteiger partial charge in [-0.3, -0.25) is 9.59 Å². The summed E-state index contributed by atoms with van der Waals surface area (Å²) in [5.74, 6) is 0.370. The highest BCUT2D eigenvalue weighted by Gasteiger charge is 2.20. The second-order valence-corrected chi connectivity index (χ2v) is 8.24. The van der Waals surface area contributed by atoms with Crippen LogP contribution < -0.4 is 15.6 Å². The maximum absolute atomic E-state index is 12.6. The summed E-state index contributed by atoms with van der Waals surface area (Å²) in [4.78, 5) is 36.3. The zero-order chi connectivity index (χ0) is 22.8. The number of nitrogens with one attached hydrogen (secondary N) is 1. The number of thioether (sulfide) groups is 1. The summed E-state index contributed by atoms with van der Waals surface area (Å²) in [6.07, 6.45) is 3.69. The molecule has 1 amide bonds. The summed E-state index contributed by atoms with van der Waals surface area (Å²) in [7, 11) is 0. The first-order chi connectivity index (χ1) is 16.1. The highest BCUT2D eigenvalue weighted by molar-refractivity contribution is 7.98. The van der Waals surface area contributed by atoms with Crippen LogP contribution in [0.4, 0.5) is 5.82 Å². The summed E-state index contributed by atoms with van der Waals surface area (Å²) >= 11 is 1.47. The van der Waals surface area contributed by atoms with Crippen LogP contribution in [0.1, 0.15) is 10.6 Å². The summed E-state index contributed by atoms with van der Waals surface area (Å²) in [5.41, 5.74) is 0.837. The fourth-order valence-corrected chi connectivity index (χ4v) is 4.13. The normalized spacial score (nSPS) is 14.2. The van der Waals surface area contributed by atoms with Crippen molar-refractivity contribution in [3.63, 3.8) is 0 Å². The van der Waals surface area contributed by atoms with E-state index in [1.807, 2.05) is 6.26 Å². The van der Waals surface area contributed by atoms with Gasteiger partial charge in [0, 0.05) is 25.7 Å². The van der Waals surface area contributed by atoms with Crippen LogP contribution in [-0.2, 0) is 11.3 Å². The van der Waals surface area contributed by atoms with Gasteiger partial charge in [0.15, 0.2) is 22.0 Å². The molecule has 5 rings (SSSR count). The molecule has 0 unspecified atom stereocenters. The van der Waals surface area contributed by atoms with Gasteiger partial charge < -0.3 is 19.4 Å². The minimum absolute atomic E-state index is 0.0226. The Balaban J connectivity index is 1.33. The second kappa shape index (κ2) is 9.20. The average Bonchev–Trinajstić information content (AvgIpc) is 3.26. The number of para-hydroxylation sites is 1. The number of nitrogens with zero attached hydrogens (tertiary/aromatic N) is 5. The Morgan fingerprint density at radius 2 is 2.00 bits per heavy atom. The van der Waals surface area contributed by atoms with Gasteiger partial charge in [0.2, 0.25) is 0 Å². The Hall–Kier alpha value is -3.44. The largest absolute Gasteiger partial charge is 0.451 e. The molecule has 0 radical (unpaired) electrons. The number of anilines is 1. The highest BCUT2D eigenvalue weighted by Crippen LogP contribution is 2.27. The SMILES string of the molecule is CSc1nc(N2CCOCC2)c2cnn(CCNC(=O)c3cc(=O)c4ccccc4o3)c2n1. The monoisotopic (exact) mass is 466 g/mol. The number of carbonyl (C=O) groups is 1. The van der Waals surface area contributed by atoms with Gasteiger partial charge in [-0.05, 0) is 18.4 Å². The molecule has 0 atom stereocenters. The lowest BCUT2D eigenvalue weighted by molar-refractivity contribution is 0.0925. The van der Waals surface area contributed by atoms with Crippen molar-refractivity contribution < 1.29 is 13.9 Å². The number of carbonyl (C=O) groups excluding carboxylic acids is 1. The summed E-state index contributed by atoms with van der Waals surface area (Å²) < 4.78 is 12.8. The van der Waals surface area contributed by atoms with E-state index in [4.69, 9.17) is 14.1 Å². The Labute approximate surface area is 192 Å². The predicted octanol–water partition coefficient (Wildman–Crippen LogP) is 1.92. The molecule has 10 nitrogen and oxygen atoms in total. The van der Waals surface area contributed by atoms with E-state index in [0.717, 1.165) is 24.3 Å². The van der Waals surface area contributed by atoms with E-state index in [0.29, 0.717) is 41.5 Å². The van der Waals surface area contributed by atoms with Gasteiger partial charge in [0.1, 0.15) is 11.4 Å². The number of amides is 1. The molecule has 4 heterocycles. The quantitative estimate of drug-likeness (QED) is 0.336. The van der Waals surface area contributed by atoms with Gasteiger partial charge in [-0.15, -0.1) is 0 Å². The molecule has 11 heteroatoms. The van der Waals surface area contributed by atoms with Crippen molar-refractivity contribution in [1.29, 1.82) is 0 Å². The zero-order valence-corrected chi connectivity index (χ0v) is 18.8. The molecule has 4 aromatic rings. The maximum Gasteiger partial charge on any atom is 0.287 e. The topological polar surface area (TPSA) is 115 Å². The molecule has 0 bridgehead atoms. The number of fused-ring (bicyclic) bond motifs is 2. The number of rotatable bonds is 6. The minimum Gasteiger partial charge on any atom is -0.451 e. The molecule has 1 fully saturated rings. The molecule has 1 aliphatic heterocycles. The fourth-order valence-electron chi connectivity index (χ4n) is 3.77. The number of morpholine rings is 1. The third-order valence-corrected chi connectivity index (χ3v) is 5.96. The van der Waals surface area contributed by atoms with E-state index < -0.39 is 5.91 Å². The summed E-state index contributed by atoms with van der Waals surface area (Å²) in [6, 6.07) is 8.06. The molecular weight excluding hydrogens is 444 g/mol. The second-order valence-electron chi connectivity index (χ2n) is 7.47. The van der Waals surface area contributed by atoms with Gasteiger partial charge in [-0.25, -0.2) is 14.6 Å². The smallest absolute Gasteiger partial charge is 0.287 e. The molecule has 1 aliphatic rings. The first-order valence-electron chi connectivity index (χ1n) is 10.6. The van der Waals surface area contributed by atoms with Crippen molar-refractivity contribution in [3.8, 4) is 0 Å². The van der Waals surface area contributed by atoms with Gasteiger partial charge in [-0.2, -0.15) is 5.10 Å². The van der Waals surface area contributed by atoms with E-state index in [-0.39, 0.29) is 17.7 Å². The van der Waals surface area contributed by atoms with Crippen LogP contribution in [-0.4, -0.2) is 64.8 Å². The summed E-state index contributed by atoms with van der Waals surface area (Å²) in [5, 5.41) is 9.23. The van der Waals surface area contributed by atoms with Crippen LogP contribution in [0.3, 0.4) is 0 Å². The standard InChI is InChI=1S/C22H22N6O4S/c1-33-22-25-19(27-8-10-31-11-9-27)15-13-24-28(20(15)26-22)7-6-23-21(30)18-12-16(29)14-4-2-3-5-17(14)32-18/h2-5,12-13H,6-11H2,1H3,(H,23,30). The third-order valence-electron chi connectivity index (χ3n) is 5.42. The Bertz CT molecular complexity index is 1380. The van der Waals surface area contributed by atoms with Crippen LogP contribution >= 0.6 is 11.8 Å². The molecule has 1 aromatic carbocycles. The lowest BCUT2D eigenvalue weighted by Gasteiger charge is -2.28. The number of benzene rings is 1. The first kappa shape index (κ1) is 21.4. The van der Waals surface area contributed by atoms with E-state index >= 15 is 0 Å². The van der Waals surface area contributed by atoms with Gasteiger partial charge in [0.05, 0.1) is 36.7 Å². The van der Waals surface area contributed by atoms with E-state index in [9.17, 15) is 9.59 Å². The van der Waals surface area contributed by atoms with Crippen LogP contribution in [0.15, 0.2) is 50.9 Å². The Morgan fingerprint density at radius 1 is 1.18 bits per heavy atom. The van der Waals surface area contributed by atoms with Gasteiger partial charge in [0.25, 0.3) is 5.91 Å². The van der Waals surface area contributed by atoms with Gasteiger partial charge >= 0.3 is 0 Å². The zero-order valence-electron chi connectivity index (χ0n) is 18.0. The van der Waals surface area contributed by atoms with Gasteiger partial charge in [-0.1, -0.05) is 23.9 Å². The average molecular weight is 467 g/mol. The van der Waals surface area contributed by atoms with E-state index in [1.54, 1.807) is 35.1 Å². The molecule has 1 saturated heterocycles. The number of ether oxygens (including phenoxy) is 1. The molecule has 3 aromatic heterocycles. The Kier molecular flexibility index (Phi) is 5.97. The predicted molar refractivity (Wildman–Crippen MR) is 125 cm³/mol. The fraction of sp³-hybridized carbons (Fsp3) is 0.318. The highest BCUT2D eigenvalue weighted by atomic mass is 32.2. The van der Waals surface area contributed by atoms with Crippen molar-refractivity contribution in [1.82, 2.24) is 25.1 Å². The first-order valence-corrected chi connectivity index (χ1v) is 11.8. The Morgan fingerprint density at radius 3 is 2.82 bits per heavy atom. The van der Waals surface area contributed by atoms with Crippen molar-refractivity contribution in [3.05, 3.63) is 52.5 Å². The number of hydrogen-bond donors (Lipinski definition) is 1. The van der Waals surface area contributed by atoms with Crippen LogP contribution in [0.2, 0.25) is 0 Å². The van der Waals surface area contributed by atoms with Crippen LogP contribution in [0, 0.1) is 0 Å². The van der Waals surface area contributed by atoms with Crippen molar-refractivity contribution in [2.75, 3.05) is 44.0 Å². The number of aromatic nitrogens is 4. The van der Waals surface area contributed by atoms with Crippen LogP contribution in [0.5, 0.6) is 0 Å².